The maximum Gasteiger partial charge on any atom is 0.0377 e. The van der Waals surface area contributed by atoms with Gasteiger partial charge in [-0.05, 0) is 53.6 Å². The summed E-state index contributed by atoms with van der Waals surface area (Å²) in [6, 6.07) is 7.02. The summed E-state index contributed by atoms with van der Waals surface area (Å²) < 4.78 is 1.53. The van der Waals surface area contributed by atoms with Gasteiger partial charge in [-0.2, -0.15) is 0 Å². The van der Waals surface area contributed by atoms with E-state index >= 15 is 0 Å². The first kappa shape index (κ1) is 12.6. The van der Waals surface area contributed by atoms with E-state index in [2.05, 4.69) is 37.4 Å². The molecule has 1 heterocycles. The summed E-state index contributed by atoms with van der Waals surface area (Å²) >= 11 is 1.91. The minimum atomic E-state index is 1.23. The number of thiophene rings is 1. The molecule has 0 aliphatic carbocycles. The monoisotopic (exact) mass is 246 g/mol. The van der Waals surface area contributed by atoms with E-state index in [1.54, 1.807) is 11.1 Å². The van der Waals surface area contributed by atoms with E-state index < -0.39 is 0 Å². The molecule has 0 spiro atoms. The van der Waals surface area contributed by atoms with Gasteiger partial charge in [0.25, 0.3) is 0 Å². The van der Waals surface area contributed by atoms with Crippen LogP contribution in [-0.2, 0) is 12.8 Å². The number of benzene rings is 1. The molecule has 0 N–H and O–H groups in total. The third-order valence-electron chi connectivity index (χ3n) is 3.39. The van der Waals surface area contributed by atoms with Crippen molar-refractivity contribution < 1.29 is 0 Å². The van der Waals surface area contributed by atoms with E-state index in [4.69, 9.17) is 0 Å². The zero-order valence-electron chi connectivity index (χ0n) is 11.0. The zero-order valence-corrected chi connectivity index (χ0v) is 11.8. The quantitative estimate of drug-likeness (QED) is 0.623. The highest BCUT2D eigenvalue weighted by Crippen LogP contribution is 2.30. The first-order valence-electron chi connectivity index (χ1n) is 6.84. The predicted octanol–water partition coefficient (Wildman–Crippen LogP) is 5.59. The van der Waals surface area contributed by atoms with Gasteiger partial charge in [-0.1, -0.05) is 38.8 Å². The number of fused-ring (bicyclic) bond motifs is 1. The molecule has 0 unspecified atom stereocenters. The maximum atomic E-state index is 2.36. The second kappa shape index (κ2) is 6.20. The number of rotatable bonds is 6. The van der Waals surface area contributed by atoms with Gasteiger partial charge >= 0.3 is 0 Å². The molecule has 0 fully saturated rings. The Hall–Kier alpha value is -0.820. The molecule has 0 saturated heterocycles. The molecule has 17 heavy (non-hydrogen) atoms. The Morgan fingerprint density at radius 2 is 1.53 bits per heavy atom. The summed E-state index contributed by atoms with van der Waals surface area (Å²) in [6.07, 6.45) is 7.65. The summed E-state index contributed by atoms with van der Waals surface area (Å²) in [4.78, 5) is 0. The molecule has 0 aliphatic heterocycles. The molecule has 0 saturated carbocycles. The zero-order chi connectivity index (χ0) is 12.1. The Kier molecular flexibility index (Phi) is 4.61. The van der Waals surface area contributed by atoms with Crippen molar-refractivity contribution >= 4 is 21.4 Å². The van der Waals surface area contributed by atoms with Crippen molar-refractivity contribution in [1.29, 1.82) is 0 Å². The average Bonchev–Trinajstić information content (AvgIpc) is 2.83. The molecule has 2 aromatic rings. The van der Waals surface area contributed by atoms with Crippen LogP contribution in [0.15, 0.2) is 23.6 Å². The van der Waals surface area contributed by atoms with Crippen LogP contribution in [0.2, 0.25) is 0 Å². The lowest BCUT2D eigenvalue weighted by Gasteiger charge is -2.07. The fraction of sp³-hybridized carbons (Fsp3) is 0.500. The van der Waals surface area contributed by atoms with Crippen LogP contribution in [0.5, 0.6) is 0 Å². The minimum absolute atomic E-state index is 1.23. The molecule has 0 atom stereocenters. The molecule has 1 aromatic carbocycles. The summed E-state index contributed by atoms with van der Waals surface area (Å²) in [5.74, 6) is 0. The summed E-state index contributed by atoms with van der Waals surface area (Å²) in [6.45, 7) is 4.53. The van der Waals surface area contributed by atoms with Gasteiger partial charge in [0.15, 0.2) is 0 Å². The fourth-order valence-electron chi connectivity index (χ4n) is 2.33. The Morgan fingerprint density at radius 1 is 0.882 bits per heavy atom. The molecule has 0 bridgehead atoms. The third-order valence-corrected chi connectivity index (χ3v) is 4.38. The molecular weight excluding hydrogens is 224 g/mol. The molecule has 0 radical (unpaired) electrons. The van der Waals surface area contributed by atoms with Crippen molar-refractivity contribution in [2.75, 3.05) is 0 Å². The van der Waals surface area contributed by atoms with Gasteiger partial charge in [0.2, 0.25) is 0 Å². The van der Waals surface area contributed by atoms with E-state index in [0.29, 0.717) is 0 Å². The van der Waals surface area contributed by atoms with E-state index in [-0.39, 0.29) is 0 Å². The number of hydrogen-bond donors (Lipinski definition) is 0. The van der Waals surface area contributed by atoms with Gasteiger partial charge in [0.05, 0.1) is 0 Å². The number of aryl methyl sites for hydroxylation is 2. The lowest BCUT2D eigenvalue weighted by Crippen LogP contribution is -1.90. The van der Waals surface area contributed by atoms with Crippen molar-refractivity contribution in [3.05, 3.63) is 34.7 Å². The Bertz CT molecular complexity index is 425. The Balaban J connectivity index is 2.30. The Morgan fingerprint density at radius 3 is 2.24 bits per heavy atom. The van der Waals surface area contributed by atoms with E-state index in [1.807, 2.05) is 11.3 Å². The Labute approximate surface area is 109 Å². The second-order valence-electron chi connectivity index (χ2n) is 4.75. The van der Waals surface area contributed by atoms with Gasteiger partial charge in [-0.3, -0.25) is 0 Å². The molecule has 0 aliphatic rings. The van der Waals surface area contributed by atoms with Crippen LogP contribution in [0.4, 0.5) is 0 Å². The first-order chi connectivity index (χ1) is 8.36. The lowest BCUT2D eigenvalue weighted by molar-refractivity contribution is 0.793. The smallest absolute Gasteiger partial charge is 0.0377 e. The SMILES string of the molecule is CCCCc1ccc(CCCC)c2sccc12. The first-order valence-corrected chi connectivity index (χ1v) is 7.72. The minimum Gasteiger partial charge on any atom is -0.144 e. The summed E-state index contributed by atoms with van der Waals surface area (Å²) in [5, 5.41) is 3.76. The van der Waals surface area contributed by atoms with Crippen molar-refractivity contribution in [2.45, 2.75) is 52.4 Å². The predicted molar refractivity (Wildman–Crippen MR) is 79.0 cm³/mol. The molecule has 2 rings (SSSR count). The molecule has 1 aromatic heterocycles. The fourth-order valence-corrected chi connectivity index (χ4v) is 3.31. The van der Waals surface area contributed by atoms with Crippen LogP contribution in [-0.4, -0.2) is 0 Å². The van der Waals surface area contributed by atoms with Gasteiger partial charge in [-0.15, -0.1) is 11.3 Å². The molecular formula is C16H22S. The summed E-state index contributed by atoms with van der Waals surface area (Å²) in [5.41, 5.74) is 3.10. The third kappa shape index (κ3) is 2.90. The second-order valence-corrected chi connectivity index (χ2v) is 5.67. The van der Waals surface area contributed by atoms with Gasteiger partial charge in [0.1, 0.15) is 0 Å². The van der Waals surface area contributed by atoms with Gasteiger partial charge in [-0.25, -0.2) is 0 Å². The van der Waals surface area contributed by atoms with Crippen LogP contribution in [0, 0.1) is 0 Å². The van der Waals surface area contributed by atoms with Crippen LogP contribution in [0.25, 0.3) is 10.1 Å². The van der Waals surface area contributed by atoms with E-state index in [0.717, 1.165) is 0 Å². The van der Waals surface area contributed by atoms with E-state index in [9.17, 15) is 0 Å². The summed E-state index contributed by atoms with van der Waals surface area (Å²) in [7, 11) is 0. The van der Waals surface area contributed by atoms with Crippen molar-refractivity contribution in [1.82, 2.24) is 0 Å². The van der Waals surface area contributed by atoms with E-state index in [1.165, 1.54) is 48.6 Å². The number of hydrogen-bond acceptors (Lipinski definition) is 1. The molecule has 1 heteroatoms. The molecule has 0 amide bonds. The lowest BCUT2D eigenvalue weighted by atomic mass is 9.99. The van der Waals surface area contributed by atoms with Gasteiger partial charge < -0.3 is 0 Å². The topological polar surface area (TPSA) is 0 Å². The van der Waals surface area contributed by atoms with Crippen molar-refractivity contribution in [2.24, 2.45) is 0 Å². The normalized spacial score (nSPS) is 11.2. The standard InChI is InChI=1S/C16H22S/c1-3-5-7-13-9-10-14(8-6-4-2)16-15(13)11-12-17-16/h9-12H,3-8H2,1-2H3. The molecule has 92 valence electrons. The van der Waals surface area contributed by atoms with Crippen LogP contribution in [0.1, 0.15) is 50.7 Å². The highest BCUT2D eigenvalue weighted by atomic mass is 32.1. The largest absolute Gasteiger partial charge is 0.144 e. The van der Waals surface area contributed by atoms with Crippen molar-refractivity contribution in [3.8, 4) is 0 Å². The highest BCUT2D eigenvalue weighted by Gasteiger charge is 2.06. The molecule has 0 nitrogen and oxygen atoms in total. The van der Waals surface area contributed by atoms with Crippen LogP contribution < -0.4 is 0 Å². The number of unbranched alkanes of at least 4 members (excludes halogenated alkanes) is 2. The van der Waals surface area contributed by atoms with Crippen LogP contribution in [0.3, 0.4) is 0 Å². The average molecular weight is 246 g/mol. The maximum absolute atomic E-state index is 2.36. The van der Waals surface area contributed by atoms with Gasteiger partial charge in [0, 0.05) is 4.70 Å². The highest BCUT2D eigenvalue weighted by molar-refractivity contribution is 7.17. The van der Waals surface area contributed by atoms with Crippen LogP contribution >= 0.6 is 11.3 Å². The van der Waals surface area contributed by atoms with Crippen molar-refractivity contribution in [3.63, 3.8) is 0 Å².